The zero-order chi connectivity index (χ0) is 30.1. The second-order valence-electron chi connectivity index (χ2n) is 10.1. The fourth-order valence-electron chi connectivity index (χ4n) is 4.20. The third kappa shape index (κ3) is 8.63. The molecule has 9 N–H and O–H groups in total. The van der Waals surface area contributed by atoms with Crippen molar-refractivity contribution < 1.29 is 34.2 Å². The van der Waals surface area contributed by atoms with Gasteiger partial charge in [-0.1, -0.05) is 32.0 Å². The van der Waals surface area contributed by atoms with Crippen LogP contribution < -0.4 is 21.7 Å². The summed E-state index contributed by atoms with van der Waals surface area (Å²) < 4.78 is 0. The predicted molar refractivity (Wildman–Crippen MR) is 147 cm³/mol. The second-order valence-corrected chi connectivity index (χ2v) is 10.1. The van der Waals surface area contributed by atoms with Gasteiger partial charge in [0.05, 0.1) is 12.4 Å². The number of nitrogens with zero attached hydrogens (tertiary/aromatic N) is 1. The fraction of sp³-hybridized carbons (Fsp3) is 0.407. The van der Waals surface area contributed by atoms with E-state index in [1.165, 1.54) is 12.5 Å². The van der Waals surface area contributed by atoms with Crippen LogP contribution in [-0.2, 0) is 36.8 Å². The average Bonchev–Trinajstić information content (AvgIpc) is 3.59. The summed E-state index contributed by atoms with van der Waals surface area (Å²) in [6, 6.07) is 2.52. The molecule has 3 aromatic rings. The Kier molecular flexibility index (Phi) is 10.6. The van der Waals surface area contributed by atoms with Gasteiger partial charge >= 0.3 is 11.9 Å². The highest BCUT2D eigenvalue weighted by Crippen LogP contribution is 2.19. The van der Waals surface area contributed by atoms with Crippen LogP contribution in [0.1, 0.15) is 37.9 Å². The summed E-state index contributed by atoms with van der Waals surface area (Å²) in [5, 5.41) is 27.0. The standard InChI is InChI=1S/C27H35N7O7/c1-14(2)23(28)26(39)34-21(10-16-12-29-13-31-16)25(38)33-20(9-15-11-30-18-6-4-3-5-17(15)18)24(37)32-19(27(40)41)7-8-22(35)36/h3-6,11-14,19-21,23,30H,7-10,28H2,1-2H3,(H,29,31)(H,32,37)(H,33,38)(H,34,39)(H,35,36)(H,40,41). The van der Waals surface area contributed by atoms with Crippen molar-refractivity contribution in [3.05, 3.63) is 54.2 Å². The number of benzene rings is 1. The van der Waals surface area contributed by atoms with E-state index < -0.39 is 60.2 Å². The van der Waals surface area contributed by atoms with E-state index >= 15 is 0 Å². The summed E-state index contributed by atoms with van der Waals surface area (Å²) in [4.78, 5) is 72.3. The largest absolute Gasteiger partial charge is 0.481 e. The Labute approximate surface area is 235 Å². The quantitative estimate of drug-likeness (QED) is 0.123. The van der Waals surface area contributed by atoms with E-state index in [1.54, 1.807) is 20.0 Å². The van der Waals surface area contributed by atoms with Gasteiger partial charge in [0, 0.05) is 48.3 Å². The van der Waals surface area contributed by atoms with Gasteiger partial charge in [0.1, 0.15) is 18.1 Å². The van der Waals surface area contributed by atoms with Crippen LogP contribution >= 0.6 is 0 Å². The first-order chi connectivity index (χ1) is 19.5. The number of carboxylic acids is 2. The van der Waals surface area contributed by atoms with Gasteiger partial charge < -0.3 is 41.9 Å². The fourth-order valence-corrected chi connectivity index (χ4v) is 4.20. The number of fused-ring (bicyclic) bond motifs is 1. The number of amides is 3. The molecule has 0 bridgehead atoms. The summed E-state index contributed by atoms with van der Waals surface area (Å²) >= 11 is 0. The summed E-state index contributed by atoms with van der Waals surface area (Å²) in [5.41, 5.74) is 7.99. The maximum Gasteiger partial charge on any atom is 0.326 e. The monoisotopic (exact) mass is 569 g/mol. The van der Waals surface area contributed by atoms with Crippen molar-refractivity contribution in [3.63, 3.8) is 0 Å². The molecule has 4 atom stereocenters. The van der Waals surface area contributed by atoms with Gasteiger partial charge in [-0.2, -0.15) is 0 Å². The molecule has 3 amide bonds. The zero-order valence-corrected chi connectivity index (χ0v) is 22.7. The number of nitrogens with two attached hydrogens (primary N) is 1. The molecule has 0 saturated carbocycles. The number of H-pyrrole nitrogens is 2. The Bertz CT molecular complexity index is 1370. The van der Waals surface area contributed by atoms with Crippen molar-refractivity contribution in [1.29, 1.82) is 0 Å². The van der Waals surface area contributed by atoms with E-state index in [0.29, 0.717) is 11.3 Å². The van der Waals surface area contributed by atoms with Gasteiger partial charge in [-0.3, -0.25) is 19.2 Å². The van der Waals surface area contributed by atoms with Gasteiger partial charge in [0.25, 0.3) is 0 Å². The molecule has 3 rings (SSSR count). The van der Waals surface area contributed by atoms with Gasteiger partial charge in [-0.05, 0) is 24.0 Å². The summed E-state index contributed by atoms with van der Waals surface area (Å²) in [6.45, 7) is 3.53. The van der Waals surface area contributed by atoms with Gasteiger partial charge in [-0.15, -0.1) is 0 Å². The molecule has 0 aliphatic heterocycles. The molecule has 2 heterocycles. The van der Waals surface area contributed by atoms with Crippen molar-refractivity contribution in [2.75, 3.05) is 0 Å². The van der Waals surface area contributed by atoms with Crippen LogP contribution in [0.15, 0.2) is 43.0 Å². The Morgan fingerprint density at radius 1 is 0.902 bits per heavy atom. The highest BCUT2D eigenvalue weighted by Gasteiger charge is 2.32. The molecular formula is C27H35N7O7. The van der Waals surface area contributed by atoms with Crippen molar-refractivity contribution in [2.45, 2.75) is 63.7 Å². The van der Waals surface area contributed by atoms with Crippen LogP contribution in [0.25, 0.3) is 10.9 Å². The molecule has 14 heteroatoms. The zero-order valence-electron chi connectivity index (χ0n) is 22.7. The topological polar surface area (TPSA) is 232 Å². The number of imidazole rings is 1. The molecule has 41 heavy (non-hydrogen) atoms. The van der Waals surface area contributed by atoms with Crippen LogP contribution in [0.5, 0.6) is 0 Å². The number of carbonyl (C=O) groups excluding carboxylic acids is 3. The number of aliphatic carboxylic acids is 2. The number of para-hydroxylation sites is 1. The second kappa shape index (κ2) is 14.1. The normalized spacial score (nSPS) is 14.1. The maximum absolute atomic E-state index is 13.6. The van der Waals surface area contributed by atoms with E-state index in [2.05, 4.69) is 30.9 Å². The number of aromatic amines is 2. The predicted octanol–water partition coefficient (Wildman–Crippen LogP) is 0.0633. The van der Waals surface area contributed by atoms with Crippen LogP contribution in [0.2, 0.25) is 0 Å². The Hall–Kier alpha value is -4.72. The molecule has 1 aromatic carbocycles. The maximum atomic E-state index is 13.6. The first kappa shape index (κ1) is 30.8. The number of carboxylic acid groups (broad SMARTS) is 2. The van der Waals surface area contributed by atoms with E-state index in [1.807, 2.05) is 24.3 Å². The van der Waals surface area contributed by atoms with Crippen LogP contribution in [0.4, 0.5) is 0 Å². The Morgan fingerprint density at radius 3 is 2.15 bits per heavy atom. The highest BCUT2D eigenvalue weighted by molar-refractivity contribution is 5.95. The molecule has 14 nitrogen and oxygen atoms in total. The van der Waals surface area contributed by atoms with Gasteiger partial charge in [0.2, 0.25) is 17.7 Å². The minimum Gasteiger partial charge on any atom is -0.481 e. The summed E-state index contributed by atoms with van der Waals surface area (Å²) in [6.07, 6.45) is 3.75. The first-order valence-corrected chi connectivity index (χ1v) is 13.1. The van der Waals surface area contributed by atoms with E-state index in [-0.39, 0.29) is 25.2 Å². The minimum atomic E-state index is -1.49. The third-order valence-corrected chi connectivity index (χ3v) is 6.63. The van der Waals surface area contributed by atoms with E-state index in [4.69, 9.17) is 10.8 Å². The van der Waals surface area contributed by atoms with Crippen molar-refractivity contribution in [1.82, 2.24) is 30.9 Å². The molecule has 0 saturated heterocycles. The van der Waals surface area contributed by atoms with Gasteiger partial charge in [-0.25, -0.2) is 9.78 Å². The first-order valence-electron chi connectivity index (χ1n) is 13.1. The number of hydrogen-bond donors (Lipinski definition) is 8. The lowest BCUT2D eigenvalue weighted by molar-refractivity contribution is -0.143. The Morgan fingerprint density at radius 2 is 1.54 bits per heavy atom. The summed E-state index contributed by atoms with van der Waals surface area (Å²) in [7, 11) is 0. The molecular weight excluding hydrogens is 534 g/mol. The minimum absolute atomic E-state index is 0.0141. The number of aromatic nitrogens is 3. The number of hydrogen-bond acceptors (Lipinski definition) is 7. The molecule has 2 aromatic heterocycles. The van der Waals surface area contributed by atoms with Crippen LogP contribution in [-0.4, -0.2) is 79.0 Å². The lowest BCUT2D eigenvalue weighted by Gasteiger charge is -2.25. The lowest BCUT2D eigenvalue weighted by Crippen LogP contribution is -2.58. The van der Waals surface area contributed by atoms with Gasteiger partial charge in [0.15, 0.2) is 0 Å². The molecule has 4 unspecified atom stereocenters. The molecule has 0 spiro atoms. The Balaban J connectivity index is 1.88. The lowest BCUT2D eigenvalue weighted by atomic mass is 10.0. The smallest absolute Gasteiger partial charge is 0.326 e. The van der Waals surface area contributed by atoms with Crippen molar-refractivity contribution in [2.24, 2.45) is 11.7 Å². The molecule has 0 aliphatic rings. The van der Waals surface area contributed by atoms with Crippen LogP contribution in [0, 0.1) is 5.92 Å². The average molecular weight is 570 g/mol. The summed E-state index contributed by atoms with van der Waals surface area (Å²) in [5.74, 6) is -4.93. The molecule has 220 valence electrons. The van der Waals surface area contributed by atoms with E-state index in [9.17, 15) is 29.1 Å². The third-order valence-electron chi connectivity index (χ3n) is 6.63. The van der Waals surface area contributed by atoms with Crippen LogP contribution in [0.3, 0.4) is 0 Å². The molecule has 0 radical (unpaired) electrons. The number of nitrogens with one attached hydrogen (secondary N) is 5. The molecule has 0 aliphatic carbocycles. The highest BCUT2D eigenvalue weighted by atomic mass is 16.4. The number of rotatable bonds is 15. The van der Waals surface area contributed by atoms with Crippen molar-refractivity contribution >= 4 is 40.6 Å². The SMILES string of the molecule is CC(C)C(N)C(=O)NC(Cc1cnc[nH]1)C(=O)NC(Cc1c[nH]c2ccccc12)C(=O)NC(CCC(=O)O)C(=O)O. The number of carbonyl (C=O) groups is 5. The van der Waals surface area contributed by atoms with E-state index in [0.717, 1.165) is 10.9 Å². The molecule has 0 fully saturated rings. The van der Waals surface area contributed by atoms with Crippen molar-refractivity contribution in [3.8, 4) is 0 Å².